The highest BCUT2D eigenvalue weighted by Crippen LogP contribution is 2.41. The molecule has 0 radical (unpaired) electrons. The van der Waals surface area contributed by atoms with Crippen molar-refractivity contribution in [2.24, 2.45) is 0 Å². The first-order valence-electron chi connectivity index (χ1n) is 11.7. The van der Waals surface area contributed by atoms with Gasteiger partial charge in [0.05, 0.1) is 22.8 Å². The zero-order valence-corrected chi connectivity index (χ0v) is 23.1. The maximum atomic E-state index is 13.4. The van der Waals surface area contributed by atoms with Crippen LogP contribution in [-0.4, -0.2) is 35.0 Å². The van der Waals surface area contributed by atoms with E-state index in [2.05, 4.69) is 20.6 Å². The first kappa shape index (κ1) is 28.4. The number of ether oxygens (including phenoxy) is 1. The fraction of sp³-hybridized carbons (Fsp3) is 0.423. The highest BCUT2D eigenvalue weighted by atomic mass is 31.2. The second-order valence-electron chi connectivity index (χ2n) is 10.4. The van der Waals surface area contributed by atoms with Gasteiger partial charge in [0.1, 0.15) is 24.4 Å². The van der Waals surface area contributed by atoms with Crippen molar-refractivity contribution in [3.63, 3.8) is 0 Å². The third kappa shape index (κ3) is 6.80. The minimum Gasteiger partial charge on any atom is -0.444 e. The monoisotopic (exact) mass is 536 g/mol. The molecule has 0 spiro atoms. The summed E-state index contributed by atoms with van der Waals surface area (Å²) >= 11 is 0. The average molecular weight is 537 g/mol. The molecule has 0 aliphatic rings. The molecule has 200 valence electrons. The standard InChI is InChI=1S/C26H32F3N4O3P/c1-14-17(10-9-11-19(14)26(27,28)29)15(2)30-23-18-12-22(37(7,8)35)21(13-20(18)31-16(3)32-23)33-24(34)36-25(4,5)6/h9-13,15H,1-8H3,(H,33,34)(H,30,31,32)/t15-/m1/s1. The number of hydrogen-bond acceptors (Lipinski definition) is 6. The maximum Gasteiger partial charge on any atom is 0.416 e. The van der Waals surface area contributed by atoms with E-state index in [1.807, 2.05) is 0 Å². The summed E-state index contributed by atoms with van der Waals surface area (Å²) in [4.78, 5) is 21.4. The molecule has 0 aliphatic carbocycles. The summed E-state index contributed by atoms with van der Waals surface area (Å²) in [6, 6.07) is 6.80. The lowest BCUT2D eigenvalue weighted by atomic mass is 9.97. The normalized spacial score (nSPS) is 13.4. The molecule has 0 saturated heterocycles. The Morgan fingerprint density at radius 3 is 2.30 bits per heavy atom. The van der Waals surface area contributed by atoms with Crippen LogP contribution in [0.25, 0.3) is 10.9 Å². The Morgan fingerprint density at radius 1 is 1.08 bits per heavy atom. The molecule has 1 atom stereocenters. The summed E-state index contributed by atoms with van der Waals surface area (Å²) in [5.41, 5.74) is -0.0513. The van der Waals surface area contributed by atoms with Crippen molar-refractivity contribution < 1.29 is 27.3 Å². The Balaban J connectivity index is 2.10. The first-order valence-corrected chi connectivity index (χ1v) is 14.3. The molecule has 0 saturated carbocycles. The molecular weight excluding hydrogens is 504 g/mol. The Hall–Kier alpha value is -3.13. The second kappa shape index (κ2) is 9.97. The van der Waals surface area contributed by atoms with Crippen molar-refractivity contribution in [1.82, 2.24) is 9.97 Å². The summed E-state index contributed by atoms with van der Waals surface area (Å²) in [5, 5.41) is 6.81. The van der Waals surface area contributed by atoms with Crippen molar-refractivity contribution in [2.45, 2.75) is 59.4 Å². The van der Waals surface area contributed by atoms with Gasteiger partial charge in [0.15, 0.2) is 0 Å². The lowest BCUT2D eigenvalue weighted by Gasteiger charge is -2.23. The van der Waals surface area contributed by atoms with Crippen LogP contribution in [0.2, 0.25) is 0 Å². The average Bonchev–Trinajstić information content (AvgIpc) is 2.70. The van der Waals surface area contributed by atoms with Crippen LogP contribution in [0.5, 0.6) is 0 Å². The van der Waals surface area contributed by atoms with Crippen LogP contribution in [0, 0.1) is 13.8 Å². The number of aromatic nitrogens is 2. The van der Waals surface area contributed by atoms with E-state index in [0.717, 1.165) is 6.07 Å². The number of benzene rings is 2. The number of nitrogens with zero attached hydrogens (tertiary/aromatic N) is 2. The summed E-state index contributed by atoms with van der Waals surface area (Å²) in [7, 11) is -2.90. The molecule has 3 aromatic rings. The largest absolute Gasteiger partial charge is 0.444 e. The number of hydrogen-bond donors (Lipinski definition) is 2. The Bertz CT molecular complexity index is 1390. The molecule has 0 unspecified atom stereocenters. The molecule has 7 nitrogen and oxygen atoms in total. The lowest BCUT2D eigenvalue weighted by molar-refractivity contribution is -0.138. The quantitative estimate of drug-likeness (QED) is 0.340. The van der Waals surface area contributed by atoms with Crippen LogP contribution in [0.1, 0.15) is 56.3 Å². The number of aryl methyl sites for hydroxylation is 1. The van der Waals surface area contributed by atoms with Gasteiger partial charge in [0.2, 0.25) is 0 Å². The van der Waals surface area contributed by atoms with Gasteiger partial charge in [-0.15, -0.1) is 0 Å². The predicted molar refractivity (Wildman–Crippen MR) is 141 cm³/mol. The molecule has 11 heteroatoms. The van der Waals surface area contributed by atoms with Crippen LogP contribution in [0.15, 0.2) is 30.3 Å². The fourth-order valence-corrected chi connectivity index (χ4v) is 5.20. The summed E-state index contributed by atoms with van der Waals surface area (Å²) in [6.07, 6.45) is -5.16. The topological polar surface area (TPSA) is 93.2 Å². The zero-order valence-electron chi connectivity index (χ0n) is 22.2. The highest BCUT2D eigenvalue weighted by molar-refractivity contribution is 7.70. The molecule has 1 amide bonds. The Labute approximate surface area is 214 Å². The van der Waals surface area contributed by atoms with E-state index in [0.29, 0.717) is 39.1 Å². The van der Waals surface area contributed by atoms with E-state index in [4.69, 9.17) is 4.74 Å². The number of carbonyl (C=O) groups excluding carboxylic acids is 1. The van der Waals surface area contributed by atoms with Crippen LogP contribution in [0.3, 0.4) is 0 Å². The van der Waals surface area contributed by atoms with Crippen molar-refractivity contribution in [3.05, 3.63) is 52.8 Å². The molecule has 37 heavy (non-hydrogen) atoms. The van der Waals surface area contributed by atoms with E-state index in [1.54, 1.807) is 66.1 Å². The van der Waals surface area contributed by atoms with E-state index >= 15 is 0 Å². The van der Waals surface area contributed by atoms with Gasteiger partial charge in [-0.3, -0.25) is 5.32 Å². The number of halogens is 3. The summed E-state index contributed by atoms with van der Waals surface area (Å²) in [6.45, 7) is 13.2. The second-order valence-corrected chi connectivity index (χ2v) is 13.6. The first-order chi connectivity index (χ1) is 16.9. The number of rotatable bonds is 5. The number of carbonyl (C=O) groups is 1. The molecule has 0 bridgehead atoms. The van der Waals surface area contributed by atoms with Gasteiger partial charge in [-0.2, -0.15) is 13.2 Å². The van der Waals surface area contributed by atoms with Crippen LogP contribution < -0.4 is 15.9 Å². The molecule has 1 heterocycles. The van der Waals surface area contributed by atoms with Gasteiger partial charge in [-0.05, 0) is 84.2 Å². The van der Waals surface area contributed by atoms with Gasteiger partial charge >= 0.3 is 12.3 Å². The smallest absolute Gasteiger partial charge is 0.416 e. The zero-order chi connectivity index (χ0) is 27.9. The van der Waals surface area contributed by atoms with Crippen LogP contribution in [-0.2, 0) is 15.5 Å². The minimum atomic E-state index is -4.46. The molecule has 3 rings (SSSR count). The Morgan fingerprint density at radius 2 is 1.73 bits per heavy atom. The lowest BCUT2D eigenvalue weighted by Crippen LogP contribution is -2.28. The number of nitrogens with one attached hydrogen (secondary N) is 2. The van der Waals surface area contributed by atoms with Crippen LogP contribution in [0.4, 0.5) is 29.5 Å². The molecule has 0 aliphatic heterocycles. The Kier molecular flexibility index (Phi) is 7.66. The van der Waals surface area contributed by atoms with Crippen molar-refractivity contribution in [1.29, 1.82) is 0 Å². The SMILES string of the molecule is Cc1nc(N[C@H](C)c2cccc(C(F)(F)F)c2C)c2cc(P(C)(C)=O)c(NC(=O)OC(C)(C)C)cc2n1. The number of fused-ring (bicyclic) bond motifs is 1. The van der Waals surface area contributed by atoms with Gasteiger partial charge < -0.3 is 14.6 Å². The van der Waals surface area contributed by atoms with Crippen LogP contribution >= 0.6 is 7.14 Å². The van der Waals surface area contributed by atoms with Crippen molar-refractivity contribution >= 4 is 40.9 Å². The van der Waals surface area contributed by atoms with Crippen molar-refractivity contribution in [2.75, 3.05) is 24.0 Å². The molecular formula is C26H32F3N4O3P. The van der Waals surface area contributed by atoms with Crippen molar-refractivity contribution in [3.8, 4) is 0 Å². The van der Waals surface area contributed by atoms with E-state index in [-0.39, 0.29) is 5.56 Å². The van der Waals surface area contributed by atoms with Gasteiger partial charge in [0, 0.05) is 10.7 Å². The van der Waals surface area contributed by atoms with E-state index in [9.17, 15) is 22.5 Å². The number of amides is 1. The molecule has 1 aromatic heterocycles. The molecule has 2 N–H and O–H groups in total. The molecule has 0 fully saturated rings. The third-order valence-electron chi connectivity index (χ3n) is 5.64. The van der Waals surface area contributed by atoms with Gasteiger partial charge in [-0.1, -0.05) is 12.1 Å². The summed E-state index contributed by atoms with van der Waals surface area (Å²) in [5.74, 6) is 0.792. The van der Waals surface area contributed by atoms with Gasteiger partial charge in [-0.25, -0.2) is 14.8 Å². The number of anilines is 2. The number of alkyl halides is 3. The van der Waals surface area contributed by atoms with E-state index < -0.39 is 36.6 Å². The highest BCUT2D eigenvalue weighted by Gasteiger charge is 2.33. The molecule has 2 aromatic carbocycles. The fourth-order valence-electron chi connectivity index (χ4n) is 4.06. The summed E-state index contributed by atoms with van der Waals surface area (Å²) < 4.78 is 58.9. The minimum absolute atomic E-state index is 0.126. The predicted octanol–water partition coefficient (Wildman–Crippen LogP) is 7.03. The maximum absolute atomic E-state index is 13.4. The van der Waals surface area contributed by atoms with Gasteiger partial charge in [0.25, 0.3) is 0 Å². The van der Waals surface area contributed by atoms with E-state index in [1.165, 1.54) is 13.0 Å². The third-order valence-corrected chi connectivity index (χ3v) is 7.17.